The Bertz CT molecular complexity index is 379. The summed E-state index contributed by atoms with van der Waals surface area (Å²) in [5, 5.41) is 3.40. The van der Waals surface area contributed by atoms with E-state index in [1.54, 1.807) is 7.11 Å². The molecule has 0 aliphatic carbocycles. The second-order valence-electron chi connectivity index (χ2n) is 5.42. The van der Waals surface area contributed by atoms with Gasteiger partial charge in [0, 0.05) is 6.54 Å². The van der Waals surface area contributed by atoms with Gasteiger partial charge < -0.3 is 14.8 Å². The highest BCUT2D eigenvalue weighted by molar-refractivity contribution is 5.42. The van der Waals surface area contributed by atoms with Crippen LogP contribution >= 0.6 is 0 Å². The Labute approximate surface area is 130 Å². The molecule has 0 radical (unpaired) electrons. The predicted molar refractivity (Wildman–Crippen MR) is 89.2 cm³/mol. The molecule has 0 heterocycles. The Kier molecular flexibility index (Phi) is 9.71. The molecule has 1 aromatic carbocycles. The van der Waals surface area contributed by atoms with Gasteiger partial charge in [0.2, 0.25) is 0 Å². The van der Waals surface area contributed by atoms with Crippen LogP contribution in [0.25, 0.3) is 0 Å². The zero-order chi connectivity index (χ0) is 15.3. The Balaban J connectivity index is 2.39. The molecular weight excluding hydrogens is 262 g/mol. The quantitative estimate of drug-likeness (QED) is 0.574. The summed E-state index contributed by atoms with van der Waals surface area (Å²) in [6.45, 7) is 7.09. The van der Waals surface area contributed by atoms with Gasteiger partial charge in [-0.15, -0.1) is 0 Å². The van der Waals surface area contributed by atoms with Gasteiger partial charge in [0.1, 0.15) is 0 Å². The fourth-order valence-electron chi connectivity index (χ4n) is 2.24. The minimum absolute atomic E-state index is 0.771. The van der Waals surface area contributed by atoms with Gasteiger partial charge in [-0.1, -0.05) is 45.6 Å². The van der Waals surface area contributed by atoms with Crippen LogP contribution in [0, 0.1) is 0 Å². The maximum Gasteiger partial charge on any atom is 0.161 e. The molecule has 0 atom stereocenters. The Morgan fingerprint density at radius 1 is 0.952 bits per heavy atom. The average molecular weight is 293 g/mol. The van der Waals surface area contributed by atoms with Gasteiger partial charge in [0.25, 0.3) is 0 Å². The molecule has 0 saturated heterocycles. The van der Waals surface area contributed by atoms with Crippen molar-refractivity contribution in [3.63, 3.8) is 0 Å². The Hall–Kier alpha value is -1.22. The summed E-state index contributed by atoms with van der Waals surface area (Å²) < 4.78 is 11.3. The lowest BCUT2D eigenvalue weighted by molar-refractivity contribution is 0.284. The number of hydrogen-bond donors (Lipinski definition) is 1. The molecule has 3 heteroatoms. The van der Waals surface area contributed by atoms with Gasteiger partial charge in [-0.3, -0.25) is 0 Å². The summed E-state index contributed by atoms with van der Waals surface area (Å²) in [5.74, 6) is 1.69. The maximum atomic E-state index is 5.84. The first-order valence-electron chi connectivity index (χ1n) is 8.32. The van der Waals surface area contributed by atoms with Crippen LogP contribution in [-0.2, 0) is 6.54 Å². The molecule has 0 aliphatic rings. The molecule has 0 bridgehead atoms. The number of unbranched alkanes of at least 4 members (excludes halogenated alkanes) is 4. The lowest BCUT2D eigenvalue weighted by atomic mass is 10.1. The van der Waals surface area contributed by atoms with E-state index in [-0.39, 0.29) is 0 Å². The van der Waals surface area contributed by atoms with E-state index >= 15 is 0 Å². The number of nitrogens with one attached hydrogen (secondary N) is 1. The summed E-state index contributed by atoms with van der Waals surface area (Å²) in [6, 6.07) is 6.19. The fraction of sp³-hybridized carbons (Fsp3) is 0.667. The first-order valence-corrected chi connectivity index (χ1v) is 8.32. The van der Waals surface area contributed by atoms with Gasteiger partial charge in [-0.2, -0.15) is 0 Å². The summed E-state index contributed by atoms with van der Waals surface area (Å²) in [7, 11) is 1.70. The number of benzene rings is 1. The van der Waals surface area contributed by atoms with E-state index in [4.69, 9.17) is 9.47 Å². The molecule has 21 heavy (non-hydrogen) atoms. The highest BCUT2D eigenvalue weighted by Crippen LogP contribution is 2.28. The summed E-state index contributed by atoms with van der Waals surface area (Å²) in [4.78, 5) is 0. The lowest BCUT2D eigenvalue weighted by Gasteiger charge is -2.12. The van der Waals surface area contributed by atoms with Crippen molar-refractivity contribution in [1.82, 2.24) is 5.32 Å². The number of hydrogen-bond acceptors (Lipinski definition) is 3. The van der Waals surface area contributed by atoms with Crippen LogP contribution in [0.3, 0.4) is 0 Å². The molecule has 0 aliphatic heterocycles. The molecule has 0 aromatic heterocycles. The molecule has 0 amide bonds. The second kappa shape index (κ2) is 11.4. The summed E-state index contributed by atoms with van der Waals surface area (Å²) in [5.41, 5.74) is 1.23. The van der Waals surface area contributed by atoms with Crippen molar-refractivity contribution >= 4 is 0 Å². The molecule has 0 spiro atoms. The first kappa shape index (κ1) is 17.8. The van der Waals surface area contributed by atoms with Crippen LogP contribution in [0.5, 0.6) is 11.5 Å². The van der Waals surface area contributed by atoms with E-state index < -0.39 is 0 Å². The number of ether oxygens (including phenoxy) is 2. The zero-order valence-electron chi connectivity index (χ0n) is 13.9. The lowest BCUT2D eigenvalue weighted by Crippen LogP contribution is -2.13. The summed E-state index contributed by atoms with van der Waals surface area (Å²) >= 11 is 0. The normalized spacial score (nSPS) is 10.6. The molecule has 0 unspecified atom stereocenters. The highest BCUT2D eigenvalue weighted by Gasteiger charge is 2.05. The zero-order valence-corrected chi connectivity index (χ0v) is 13.9. The van der Waals surface area contributed by atoms with Crippen molar-refractivity contribution < 1.29 is 9.47 Å². The van der Waals surface area contributed by atoms with Gasteiger partial charge in [0.05, 0.1) is 13.7 Å². The van der Waals surface area contributed by atoms with Crippen LogP contribution < -0.4 is 14.8 Å². The molecular formula is C18H31NO2. The summed E-state index contributed by atoms with van der Waals surface area (Å²) in [6.07, 6.45) is 7.42. The first-order chi connectivity index (χ1) is 10.3. The Morgan fingerprint density at radius 2 is 1.76 bits per heavy atom. The van der Waals surface area contributed by atoms with Crippen LogP contribution in [0.2, 0.25) is 0 Å². The molecule has 0 saturated carbocycles. The second-order valence-corrected chi connectivity index (χ2v) is 5.42. The van der Waals surface area contributed by atoms with Gasteiger partial charge in [0.15, 0.2) is 11.5 Å². The monoisotopic (exact) mass is 293 g/mol. The molecule has 1 N–H and O–H groups in total. The van der Waals surface area contributed by atoms with Crippen molar-refractivity contribution in [1.29, 1.82) is 0 Å². The third-order valence-corrected chi connectivity index (χ3v) is 3.49. The van der Waals surface area contributed by atoms with Crippen LogP contribution in [0.4, 0.5) is 0 Å². The molecule has 3 nitrogen and oxygen atoms in total. The van der Waals surface area contributed by atoms with Gasteiger partial charge in [-0.25, -0.2) is 0 Å². The predicted octanol–water partition coefficient (Wildman–Crippen LogP) is 4.54. The van der Waals surface area contributed by atoms with Crippen LogP contribution in [-0.4, -0.2) is 20.3 Å². The Morgan fingerprint density at radius 3 is 2.48 bits per heavy atom. The van der Waals surface area contributed by atoms with Crippen molar-refractivity contribution in [2.24, 2.45) is 0 Å². The van der Waals surface area contributed by atoms with Crippen molar-refractivity contribution in [2.75, 3.05) is 20.3 Å². The van der Waals surface area contributed by atoms with Crippen molar-refractivity contribution in [3.05, 3.63) is 23.8 Å². The molecule has 1 rings (SSSR count). The van der Waals surface area contributed by atoms with E-state index in [0.29, 0.717) is 0 Å². The molecule has 120 valence electrons. The van der Waals surface area contributed by atoms with Crippen LogP contribution in [0.15, 0.2) is 18.2 Å². The average Bonchev–Trinajstić information content (AvgIpc) is 2.51. The van der Waals surface area contributed by atoms with E-state index in [2.05, 4.69) is 31.3 Å². The van der Waals surface area contributed by atoms with E-state index in [9.17, 15) is 0 Å². The van der Waals surface area contributed by atoms with E-state index in [1.165, 1.54) is 31.2 Å². The maximum absolute atomic E-state index is 5.84. The van der Waals surface area contributed by atoms with Crippen molar-refractivity contribution in [3.8, 4) is 11.5 Å². The highest BCUT2D eigenvalue weighted by atomic mass is 16.5. The topological polar surface area (TPSA) is 30.5 Å². The molecule has 0 fully saturated rings. The smallest absolute Gasteiger partial charge is 0.161 e. The van der Waals surface area contributed by atoms with Gasteiger partial charge >= 0.3 is 0 Å². The van der Waals surface area contributed by atoms with Gasteiger partial charge in [-0.05, 0) is 37.1 Å². The number of methoxy groups -OCH3 is 1. The SMILES string of the molecule is CCCCCCCOc1ccc(CNCCC)cc1OC. The third-order valence-electron chi connectivity index (χ3n) is 3.49. The van der Waals surface area contributed by atoms with Crippen LogP contribution in [0.1, 0.15) is 57.9 Å². The molecule has 1 aromatic rings. The van der Waals surface area contributed by atoms with E-state index in [1.807, 2.05) is 6.07 Å². The number of rotatable bonds is 12. The fourth-order valence-corrected chi connectivity index (χ4v) is 2.24. The third kappa shape index (κ3) is 7.37. The van der Waals surface area contributed by atoms with E-state index in [0.717, 1.165) is 44.0 Å². The minimum Gasteiger partial charge on any atom is -0.493 e. The standard InChI is InChI=1S/C18H31NO2/c1-4-6-7-8-9-13-21-17-11-10-16(14-18(17)20-3)15-19-12-5-2/h10-11,14,19H,4-9,12-13,15H2,1-3H3. The largest absolute Gasteiger partial charge is 0.493 e. The minimum atomic E-state index is 0.771. The van der Waals surface area contributed by atoms with Crippen molar-refractivity contribution in [2.45, 2.75) is 58.9 Å².